The Hall–Kier alpha value is -3.17. The summed E-state index contributed by atoms with van der Waals surface area (Å²) in [5, 5.41) is 6.34. The molecule has 7 nitrogen and oxygen atoms in total. The number of thioether (sulfide) groups is 1. The number of amides is 2. The van der Waals surface area contributed by atoms with E-state index in [1.807, 2.05) is 65.7 Å². The maximum Gasteiger partial charge on any atom is 0.253 e. The molecular weight excluding hydrogens is 466 g/mol. The number of fused-ring (bicyclic) bond motifs is 1. The summed E-state index contributed by atoms with van der Waals surface area (Å²) in [6, 6.07) is 15.8. The van der Waals surface area contributed by atoms with Gasteiger partial charge in [0.15, 0.2) is 10.3 Å². The number of likely N-dealkylation sites (tertiary alicyclic amines) is 1. The number of aromatic amines is 1. The predicted molar refractivity (Wildman–Crippen MR) is 136 cm³/mol. The third kappa shape index (κ3) is 5.15. The minimum Gasteiger partial charge on any atom is -0.339 e. The largest absolute Gasteiger partial charge is 0.339 e. The van der Waals surface area contributed by atoms with Gasteiger partial charge in [0.25, 0.3) is 5.91 Å². The Morgan fingerprint density at radius 1 is 1.12 bits per heavy atom. The normalized spacial score (nSPS) is 14.4. The molecule has 1 aliphatic heterocycles. The molecule has 2 amide bonds. The molecule has 9 heteroatoms. The van der Waals surface area contributed by atoms with Gasteiger partial charge < -0.3 is 15.2 Å². The van der Waals surface area contributed by atoms with Gasteiger partial charge in [0.2, 0.25) is 5.91 Å². The summed E-state index contributed by atoms with van der Waals surface area (Å²) in [5.74, 6) is 0.692. The molecule has 0 radical (unpaired) electrons. The van der Waals surface area contributed by atoms with E-state index in [2.05, 4.69) is 20.3 Å². The van der Waals surface area contributed by atoms with Crippen molar-refractivity contribution in [1.29, 1.82) is 0 Å². The molecule has 2 N–H and O–H groups in total. The topological polar surface area (TPSA) is 91.0 Å². The number of hydrogen-bond acceptors (Lipinski definition) is 6. The van der Waals surface area contributed by atoms with Crippen molar-refractivity contribution in [3.63, 3.8) is 0 Å². The molecular formula is C25H25N5O2S2. The van der Waals surface area contributed by atoms with E-state index in [4.69, 9.17) is 0 Å². The molecule has 0 saturated carbocycles. The number of anilines is 1. The lowest BCUT2D eigenvalue weighted by molar-refractivity contribution is -0.121. The molecule has 0 unspecified atom stereocenters. The van der Waals surface area contributed by atoms with Gasteiger partial charge in [-0.05, 0) is 49.6 Å². The Morgan fingerprint density at radius 3 is 2.59 bits per heavy atom. The fourth-order valence-electron chi connectivity index (χ4n) is 4.04. The van der Waals surface area contributed by atoms with E-state index >= 15 is 0 Å². The average molecular weight is 492 g/mol. The quantitative estimate of drug-likeness (QED) is 0.366. The van der Waals surface area contributed by atoms with E-state index in [1.165, 1.54) is 11.3 Å². The van der Waals surface area contributed by atoms with E-state index in [-0.39, 0.29) is 17.7 Å². The Bertz CT molecular complexity index is 1270. The summed E-state index contributed by atoms with van der Waals surface area (Å²) in [4.78, 5) is 39.5. The van der Waals surface area contributed by atoms with Gasteiger partial charge in [-0.25, -0.2) is 9.97 Å². The third-order valence-corrected chi connectivity index (χ3v) is 7.77. The number of imidazole rings is 1. The Balaban J connectivity index is 1.12. The van der Waals surface area contributed by atoms with E-state index in [0.717, 1.165) is 33.2 Å². The molecule has 34 heavy (non-hydrogen) atoms. The van der Waals surface area contributed by atoms with Gasteiger partial charge in [0.05, 0.1) is 16.7 Å². The predicted octanol–water partition coefficient (Wildman–Crippen LogP) is 5.11. The monoisotopic (exact) mass is 491 g/mol. The molecule has 3 heterocycles. The number of nitrogens with one attached hydrogen (secondary N) is 2. The minimum absolute atomic E-state index is 0.00671. The number of carbonyl (C=O) groups excluding carboxylic acids is 2. The van der Waals surface area contributed by atoms with Crippen LogP contribution in [0, 0.1) is 12.8 Å². The summed E-state index contributed by atoms with van der Waals surface area (Å²) in [5.41, 5.74) is 4.71. The molecule has 1 aliphatic rings. The van der Waals surface area contributed by atoms with Crippen LogP contribution in [0.3, 0.4) is 0 Å². The van der Waals surface area contributed by atoms with Crippen LogP contribution in [0.4, 0.5) is 5.13 Å². The van der Waals surface area contributed by atoms with Crippen molar-refractivity contribution in [2.75, 3.05) is 18.4 Å². The number of para-hydroxylation sites is 2. The lowest BCUT2D eigenvalue weighted by Crippen LogP contribution is -2.41. The molecule has 0 atom stereocenters. The fourth-order valence-corrected chi connectivity index (χ4v) is 5.57. The number of benzene rings is 2. The molecule has 2 aromatic heterocycles. The van der Waals surface area contributed by atoms with Crippen molar-refractivity contribution in [1.82, 2.24) is 19.9 Å². The van der Waals surface area contributed by atoms with Gasteiger partial charge in [0, 0.05) is 35.7 Å². The molecule has 5 rings (SSSR count). The van der Waals surface area contributed by atoms with Gasteiger partial charge in [-0.2, -0.15) is 0 Å². The van der Waals surface area contributed by atoms with Gasteiger partial charge in [-0.3, -0.25) is 9.59 Å². The van der Waals surface area contributed by atoms with Crippen LogP contribution in [0.5, 0.6) is 0 Å². The SMILES string of the molecule is Cc1csc(NC(=O)C2CCN(C(=O)c3ccc(CSc4nc5ccccc5[nH]4)cc3)CC2)n1. The third-order valence-electron chi connectivity index (χ3n) is 5.95. The van der Waals surface area contributed by atoms with Crippen molar-refractivity contribution >= 4 is 51.1 Å². The second kappa shape index (κ2) is 9.99. The first-order valence-corrected chi connectivity index (χ1v) is 13.1. The number of aryl methyl sites for hydroxylation is 1. The zero-order valence-corrected chi connectivity index (χ0v) is 20.4. The van der Waals surface area contributed by atoms with Crippen LogP contribution in [0.15, 0.2) is 59.1 Å². The Kier molecular flexibility index (Phi) is 6.64. The van der Waals surface area contributed by atoms with E-state index in [1.54, 1.807) is 11.8 Å². The van der Waals surface area contributed by atoms with Gasteiger partial charge >= 0.3 is 0 Å². The number of piperidine rings is 1. The fraction of sp³-hybridized carbons (Fsp3) is 0.280. The van der Waals surface area contributed by atoms with Gasteiger partial charge in [-0.1, -0.05) is 36.0 Å². The number of rotatable bonds is 6. The van der Waals surface area contributed by atoms with Crippen LogP contribution in [0.25, 0.3) is 11.0 Å². The van der Waals surface area contributed by atoms with E-state index in [0.29, 0.717) is 36.6 Å². The summed E-state index contributed by atoms with van der Waals surface area (Å²) in [6.45, 7) is 3.07. The zero-order chi connectivity index (χ0) is 23.5. The zero-order valence-electron chi connectivity index (χ0n) is 18.8. The van der Waals surface area contributed by atoms with E-state index < -0.39 is 0 Å². The van der Waals surface area contributed by atoms with Gasteiger partial charge in [-0.15, -0.1) is 11.3 Å². The molecule has 174 valence electrons. The van der Waals surface area contributed by atoms with Crippen molar-refractivity contribution in [3.8, 4) is 0 Å². The maximum absolute atomic E-state index is 13.0. The molecule has 1 fully saturated rings. The first-order valence-electron chi connectivity index (χ1n) is 11.2. The molecule has 4 aromatic rings. The maximum atomic E-state index is 13.0. The van der Waals surface area contributed by atoms with Gasteiger partial charge in [0.1, 0.15) is 0 Å². The average Bonchev–Trinajstić information content (AvgIpc) is 3.48. The number of carbonyl (C=O) groups is 2. The number of H-pyrrole nitrogens is 1. The highest BCUT2D eigenvalue weighted by molar-refractivity contribution is 7.98. The highest BCUT2D eigenvalue weighted by Gasteiger charge is 2.28. The van der Waals surface area contributed by atoms with Crippen LogP contribution in [0.2, 0.25) is 0 Å². The van der Waals surface area contributed by atoms with Crippen molar-refractivity contribution < 1.29 is 9.59 Å². The minimum atomic E-state index is -0.0918. The highest BCUT2D eigenvalue weighted by atomic mass is 32.2. The number of thiazole rings is 1. The summed E-state index contributed by atoms with van der Waals surface area (Å²) < 4.78 is 0. The number of hydrogen-bond donors (Lipinski definition) is 2. The van der Waals surface area contributed by atoms with Crippen LogP contribution in [-0.2, 0) is 10.5 Å². The summed E-state index contributed by atoms with van der Waals surface area (Å²) in [6.07, 6.45) is 1.32. The van der Waals surface area contributed by atoms with Crippen LogP contribution >= 0.6 is 23.1 Å². The van der Waals surface area contributed by atoms with Crippen LogP contribution in [-0.4, -0.2) is 44.8 Å². The Labute approximate surface area is 206 Å². The molecule has 0 spiro atoms. The Morgan fingerprint density at radius 2 is 1.88 bits per heavy atom. The first-order chi connectivity index (χ1) is 16.5. The number of aromatic nitrogens is 3. The highest BCUT2D eigenvalue weighted by Crippen LogP contribution is 2.25. The second-order valence-electron chi connectivity index (χ2n) is 8.39. The lowest BCUT2D eigenvalue weighted by atomic mass is 9.95. The van der Waals surface area contributed by atoms with Crippen molar-refractivity contribution in [3.05, 3.63) is 70.7 Å². The molecule has 2 aromatic carbocycles. The second-order valence-corrected chi connectivity index (χ2v) is 10.2. The summed E-state index contributed by atoms with van der Waals surface area (Å²) >= 11 is 3.08. The smallest absolute Gasteiger partial charge is 0.253 e. The number of nitrogens with zero attached hydrogens (tertiary/aromatic N) is 3. The first kappa shape index (κ1) is 22.6. The lowest BCUT2D eigenvalue weighted by Gasteiger charge is -2.31. The molecule has 0 aliphatic carbocycles. The van der Waals surface area contributed by atoms with Crippen LogP contribution in [0.1, 0.15) is 34.5 Å². The summed E-state index contributed by atoms with van der Waals surface area (Å²) in [7, 11) is 0. The van der Waals surface area contributed by atoms with Crippen LogP contribution < -0.4 is 5.32 Å². The standard InChI is InChI=1S/C25H25N5O2S2/c1-16-14-33-24(26-16)29-22(31)18-10-12-30(13-11-18)23(32)19-8-6-17(7-9-19)15-34-25-27-20-4-2-3-5-21(20)28-25/h2-9,14,18H,10-13,15H2,1H3,(H,27,28)(H,26,29,31). The molecule has 0 bridgehead atoms. The molecule has 1 saturated heterocycles. The van der Waals surface area contributed by atoms with Crippen molar-refractivity contribution in [2.45, 2.75) is 30.7 Å². The van der Waals surface area contributed by atoms with E-state index in [9.17, 15) is 9.59 Å². The van der Waals surface area contributed by atoms with Crippen molar-refractivity contribution in [2.24, 2.45) is 5.92 Å².